The van der Waals surface area contributed by atoms with E-state index >= 15 is 0 Å². The second kappa shape index (κ2) is 5.07. The van der Waals surface area contributed by atoms with Crippen molar-refractivity contribution in [1.82, 2.24) is 0 Å². The molecule has 0 aliphatic carbocycles. The molecule has 6 nitrogen and oxygen atoms in total. The summed E-state index contributed by atoms with van der Waals surface area (Å²) in [7, 11) is 1.31. The molecule has 80 valence electrons. The molecule has 0 saturated carbocycles. The standard InChI is InChI=1S/C9H11N3O3/c1-6-8(9(13)14-2)5-7(15-6)3-4-11-12-10/h5H,3-4H2,1-2H3. The number of carbonyl (C=O) groups excluding carboxylic acids is 1. The summed E-state index contributed by atoms with van der Waals surface area (Å²) >= 11 is 0. The summed E-state index contributed by atoms with van der Waals surface area (Å²) in [6.45, 7) is 1.99. The van der Waals surface area contributed by atoms with E-state index in [-0.39, 0.29) is 0 Å². The van der Waals surface area contributed by atoms with E-state index in [4.69, 9.17) is 9.95 Å². The van der Waals surface area contributed by atoms with Crippen LogP contribution in [0.3, 0.4) is 0 Å². The molecule has 0 aliphatic rings. The maximum Gasteiger partial charge on any atom is 0.341 e. The van der Waals surface area contributed by atoms with Gasteiger partial charge in [-0.05, 0) is 18.5 Å². The van der Waals surface area contributed by atoms with Crippen LogP contribution >= 0.6 is 0 Å². The van der Waals surface area contributed by atoms with Crippen LogP contribution in [0, 0.1) is 6.92 Å². The molecule has 0 aromatic carbocycles. The van der Waals surface area contributed by atoms with E-state index in [1.165, 1.54) is 7.11 Å². The zero-order chi connectivity index (χ0) is 11.3. The minimum atomic E-state index is -0.425. The van der Waals surface area contributed by atoms with E-state index in [9.17, 15) is 4.79 Å². The second-order valence-electron chi connectivity index (χ2n) is 2.88. The predicted molar refractivity (Wildman–Crippen MR) is 52.5 cm³/mol. The lowest BCUT2D eigenvalue weighted by molar-refractivity contribution is 0.0599. The molecule has 0 saturated heterocycles. The van der Waals surface area contributed by atoms with Gasteiger partial charge < -0.3 is 9.15 Å². The molecule has 6 heteroatoms. The molecule has 1 aromatic rings. The van der Waals surface area contributed by atoms with Gasteiger partial charge >= 0.3 is 5.97 Å². The molecule has 1 aromatic heterocycles. The summed E-state index contributed by atoms with van der Waals surface area (Å²) in [5, 5.41) is 3.38. The van der Waals surface area contributed by atoms with Gasteiger partial charge in [0, 0.05) is 17.9 Å². The highest BCUT2D eigenvalue weighted by Gasteiger charge is 2.14. The molecular formula is C9H11N3O3. The number of carbonyl (C=O) groups is 1. The van der Waals surface area contributed by atoms with Crippen molar-refractivity contribution in [3.8, 4) is 0 Å². The third-order valence-corrected chi connectivity index (χ3v) is 1.90. The Morgan fingerprint density at radius 1 is 1.73 bits per heavy atom. The Bertz CT molecular complexity index is 405. The zero-order valence-corrected chi connectivity index (χ0v) is 8.56. The van der Waals surface area contributed by atoms with Gasteiger partial charge in [0.1, 0.15) is 17.1 Å². The summed E-state index contributed by atoms with van der Waals surface area (Å²) in [4.78, 5) is 13.8. The molecule has 0 fully saturated rings. The molecular weight excluding hydrogens is 198 g/mol. The molecule has 0 atom stereocenters. The summed E-state index contributed by atoms with van der Waals surface area (Å²) in [6, 6.07) is 1.61. The average molecular weight is 209 g/mol. The Kier molecular flexibility index (Phi) is 3.76. The number of hydrogen-bond donors (Lipinski definition) is 0. The van der Waals surface area contributed by atoms with Crippen molar-refractivity contribution >= 4 is 5.97 Å². The van der Waals surface area contributed by atoms with Crippen LogP contribution in [0.15, 0.2) is 15.6 Å². The van der Waals surface area contributed by atoms with Crippen LogP contribution in [-0.2, 0) is 11.2 Å². The minimum absolute atomic E-state index is 0.310. The molecule has 0 spiro atoms. The highest BCUT2D eigenvalue weighted by molar-refractivity contribution is 5.90. The second-order valence-corrected chi connectivity index (χ2v) is 2.88. The van der Waals surface area contributed by atoms with Crippen LogP contribution in [0.2, 0.25) is 0 Å². The Balaban J connectivity index is 2.76. The highest BCUT2D eigenvalue weighted by atomic mass is 16.5. The Morgan fingerprint density at radius 2 is 2.47 bits per heavy atom. The number of furan rings is 1. The Hall–Kier alpha value is -1.94. The van der Waals surface area contributed by atoms with Gasteiger partial charge in [-0.25, -0.2) is 4.79 Å². The molecule has 15 heavy (non-hydrogen) atoms. The van der Waals surface area contributed by atoms with Crippen molar-refractivity contribution < 1.29 is 13.9 Å². The van der Waals surface area contributed by atoms with Crippen molar-refractivity contribution in [1.29, 1.82) is 0 Å². The van der Waals surface area contributed by atoms with Crippen molar-refractivity contribution in [3.63, 3.8) is 0 Å². The van der Waals surface area contributed by atoms with Crippen molar-refractivity contribution in [2.24, 2.45) is 5.11 Å². The number of ether oxygens (including phenoxy) is 1. The van der Waals surface area contributed by atoms with Crippen LogP contribution in [0.25, 0.3) is 10.4 Å². The maximum absolute atomic E-state index is 11.2. The lowest BCUT2D eigenvalue weighted by atomic mass is 10.2. The lowest BCUT2D eigenvalue weighted by Crippen LogP contribution is -2.00. The molecule has 0 unspecified atom stereocenters. The monoisotopic (exact) mass is 209 g/mol. The maximum atomic E-state index is 11.2. The Labute approximate surface area is 86.5 Å². The molecule has 1 rings (SSSR count). The van der Waals surface area contributed by atoms with Crippen molar-refractivity contribution in [2.75, 3.05) is 13.7 Å². The van der Waals surface area contributed by atoms with Gasteiger partial charge in [-0.15, -0.1) is 0 Å². The average Bonchev–Trinajstić information content (AvgIpc) is 2.59. The first-order valence-corrected chi connectivity index (χ1v) is 4.37. The number of azide groups is 1. The van der Waals surface area contributed by atoms with Gasteiger partial charge in [0.2, 0.25) is 0 Å². The summed E-state index contributed by atoms with van der Waals surface area (Å²) in [5.74, 6) is 0.698. The quantitative estimate of drug-likeness (QED) is 0.329. The highest BCUT2D eigenvalue weighted by Crippen LogP contribution is 2.16. The SMILES string of the molecule is COC(=O)c1cc(CCN=[N+]=[N-])oc1C. The van der Waals surface area contributed by atoms with E-state index in [1.54, 1.807) is 13.0 Å². The van der Waals surface area contributed by atoms with Gasteiger partial charge in [0.15, 0.2) is 0 Å². The fourth-order valence-electron chi connectivity index (χ4n) is 1.18. The number of methoxy groups -OCH3 is 1. The van der Waals surface area contributed by atoms with Gasteiger partial charge in [-0.1, -0.05) is 5.11 Å². The minimum Gasteiger partial charge on any atom is -0.465 e. The predicted octanol–water partition coefficient (Wildman–Crippen LogP) is 2.23. The summed E-state index contributed by atoms with van der Waals surface area (Å²) in [6.07, 6.45) is 0.474. The Morgan fingerprint density at radius 3 is 3.07 bits per heavy atom. The molecule has 0 amide bonds. The molecule has 0 aliphatic heterocycles. The number of nitrogens with zero attached hydrogens (tertiary/aromatic N) is 3. The fraction of sp³-hybridized carbons (Fsp3) is 0.444. The van der Waals surface area contributed by atoms with Gasteiger partial charge in [-0.3, -0.25) is 0 Å². The zero-order valence-electron chi connectivity index (χ0n) is 8.56. The van der Waals surface area contributed by atoms with E-state index in [0.717, 1.165) is 0 Å². The van der Waals surface area contributed by atoms with Crippen LogP contribution < -0.4 is 0 Å². The summed E-state index contributed by atoms with van der Waals surface area (Å²) < 4.78 is 9.88. The van der Waals surface area contributed by atoms with Crippen LogP contribution in [0.5, 0.6) is 0 Å². The molecule has 0 radical (unpaired) electrons. The first-order valence-electron chi connectivity index (χ1n) is 4.37. The van der Waals surface area contributed by atoms with Crippen LogP contribution in [-0.4, -0.2) is 19.6 Å². The van der Waals surface area contributed by atoms with Gasteiger partial charge in [0.25, 0.3) is 0 Å². The molecule has 0 bridgehead atoms. The smallest absolute Gasteiger partial charge is 0.341 e. The van der Waals surface area contributed by atoms with Crippen LogP contribution in [0.1, 0.15) is 21.9 Å². The molecule has 1 heterocycles. The van der Waals surface area contributed by atoms with E-state index in [0.29, 0.717) is 30.0 Å². The third-order valence-electron chi connectivity index (χ3n) is 1.90. The number of hydrogen-bond acceptors (Lipinski definition) is 4. The van der Waals surface area contributed by atoms with E-state index < -0.39 is 5.97 Å². The van der Waals surface area contributed by atoms with Crippen molar-refractivity contribution in [2.45, 2.75) is 13.3 Å². The van der Waals surface area contributed by atoms with Crippen LogP contribution in [0.4, 0.5) is 0 Å². The van der Waals surface area contributed by atoms with E-state index in [1.807, 2.05) is 0 Å². The van der Waals surface area contributed by atoms with Gasteiger partial charge in [-0.2, -0.15) is 0 Å². The largest absolute Gasteiger partial charge is 0.465 e. The molecule has 0 N–H and O–H groups in total. The number of rotatable bonds is 4. The van der Waals surface area contributed by atoms with E-state index in [2.05, 4.69) is 14.8 Å². The number of esters is 1. The fourth-order valence-corrected chi connectivity index (χ4v) is 1.18. The summed E-state index contributed by atoms with van der Waals surface area (Å²) in [5.41, 5.74) is 8.49. The van der Waals surface area contributed by atoms with Crippen molar-refractivity contribution in [3.05, 3.63) is 33.6 Å². The third kappa shape index (κ3) is 2.75. The normalized spacial score (nSPS) is 9.47. The van der Waals surface area contributed by atoms with Gasteiger partial charge in [0.05, 0.1) is 7.11 Å². The first-order chi connectivity index (χ1) is 7.19. The number of aryl methyl sites for hydroxylation is 1. The topological polar surface area (TPSA) is 88.2 Å². The lowest BCUT2D eigenvalue weighted by Gasteiger charge is -1.93. The first kappa shape index (κ1) is 11.1.